The number of benzene rings is 2. The molecule has 1 heterocycles. The molecule has 3 aliphatic rings. The third kappa shape index (κ3) is 3.81. The van der Waals surface area contributed by atoms with Gasteiger partial charge in [0, 0.05) is 54.7 Å². The summed E-state index contributed by atoms with van der Waals surface area (Å²) in [5.74, 6) is -7.74. The molecular formula is C32H32N4O7. The fourth-order valence-corrected chi connectivity index (χ4v) is 7.26. The van der Waals surface area contributed by atoms with E-state index in [-0.39, 0.29) is 28.8 Å². The number of hydrogen-bond donors (Lipinski definition) is 5. The molecule has 1 saturated carbocycles. The first-order chi connectivity index (χ1) is 20.3. The molecule has 0 aliphatic heterocycles. The first-order valence-electron chi connectivity index (χ1n) is 13.8. The highest BCUT2D eigenvalue weighted by Gasteiger charge is 2.65. The fraction of sp³-hybridized carbons (Fsp3) is 0.312. The summed E-state index contributed by atoms with van der Waals surface area (Å²) in [6.45, 7) is 0. The molecule has 2 aromatic carbocycles. The second kappa shape index (κ2) is 9.65. The summed E-state index contributed by atoms with van der Waals surface area (Å²) >= 11 is 0. The minimum atomic E-state index is -2.73. The summed E-state index contributed by atoms with van der Waals surface area (Å²) in [4.78, 5) is 47.9. The van der Waals surface area contributed by atoms with E-state index in [0.717, 1.165) is 11.3 Å². The van der Waals surface area contributed by atoms with Crippen molar-refractivity contribution in [3.63, 3.8) is 0 Å². The first kappa shape index (κ1) is 28.4. The molecule has 3 aromatic rings. The number of Topliss-reactive ketones (excluding diaryl/α,β-unsaturated/α-hetero) is 2. The number of pyridine rings is 1. The van der Waals surface area contributed by atoms with E-state index in [4.69, 9.17) is 5.73 Å². The summed E-state index contributed by atoms with van der Waals surface area (Å²) in [6, 6.07) is 11.8. The van der Waals surface area contributed by atoms with E-state index in [9.17, 15) is 34.8 Å². The number of amides is 1. The van der Waals surface area contributed by atoms with E-state index in [1.54, 1.807) is 26.2 Å². The Kier molecular flexibility index (Phi) is 6.37. The third-order valence-corrected chi connectivity index (χ3v) is 9.20. The lowest BCUT2D eigenvalue weighted by molar-refractivity contribution is -0.154. The molecule has 0 saturated heterocycles. The Morgan fingerprint density at radius 3 is 2.33 bits per heavy atom. The smallest absolute Gasteiger partial charge is 0.255 e. The summed E-state index contributed by atoms with van der Waals surface area (Å²) < 4.78 is 0. The molecule has 3 aliphatic carbocycles. The van der Waals surface area contributed by atoms with Gasteiger partial charge in [-0.3, -0.25) is 24.3 Å². The topological polar surface area (TPSA) is 178 Å². The molecule has 11 heteroatoms. The molecule has 1 amide bonds. The number of primary amides is 1. The number of rotatable bonds is 4. The zero-order chi connectivity index (χ0) is 31.1. The lowest BCUT2D eigenvalue weighted by Gasteiger charge is -2.51. The van der Waals surface area contributed by atoms with Crippen LogP contribution in [0.25, 0.3) is 16.7 Å². The Balaban J connectivity index is 1.67. The SMILES string of the molecule is CN(C)c1ccc([C@H]2c3cc4cccnc4c(O)c3C(O)=C3C(=O)[C@]4(O)C(O)=C(C(N)=O)C(=O)[C@@H](N(C)C)[C@@H]4C[C@@H]32)cc1. The summed E-state index contributed by atoms with van der Waals surface area (Å²) in [6.07, 6.45) is 1.47. The maximum atomic E-state index is 14.4. The molecule has 6 N–H and O–H groups in total. The van der Waals surface area contributed by atoms with E-state index in [1.165, 1.54) is 11.1 Å². The van der Waals surface area contributed by atoms with Crippen LogP contribution in [0.2, 0.25) is 0 Å². The van der Waals surface area contributed by atoms with E-state index in [2.05, 4.69) is 4.98 Å². The van der Waals surface area contributed by atoms with Crippen molar-refractivity contribution in [3.05, 3.63) is 82.3 Å². The van der Waals surface area contributed by atoms with Gasteiger partial charge in [0.05, 0.1) is 11.6 Å². The lowest BCUT2D eigenvalue weighted by atomic mass is 9.54. The zero-order valence-electron chi connectivity index (χ0n) is 24.1. The van der Waals surface area contributed by atoms with Gasteiger partial charge < -0.3 is 31.1 Å². The molecule has 1 fully saturated rings. The quantitative estimate of drug-likeness (QED) is 0.286. The van der Waals surface area contributed by atoms with Crippen LogP contribution in [0.15, 0.2) is 65.6 Å². The number of likely N-dealkylation sites (N-methyl/N-ethyl adjacent to an activating group) is 1. The van der Waals surface area contributed by atoms with Crippen LogP contribution < -0.4 is 10.6 Å². The molecule has 1 aromatic heterocycles. The Hall–Kier alpha value is -4.74. The number of fused-ring (bicyclic) bond motifs is 4. The van der Waals surface area contributed by atoms with Gasteiger partial charge in [0.1, 0.15) is 22.6 Å². The van der Waals surface area contributed by atoms with Crippen LogP contribution in [-0.2, 0) is 14.4 Å². The first-order valence-corrected chi connectivity index (χ1v) is 13.8. The van der Waals surface area contributed by atoms with Gasteiger partial charge in [-0.2, -0.15) is 0 Å². The summed E-state index contributed by atoms with van der Waals surface area (Å²) in [7, 11) is 6.96. The minimum absolute atomic E-state index is 0.0100. The maximum absolute atomic E-state index is 14.4. The molecule has 222 valence electrons. The average molecular weight is 585 g/mol. The van der Waals surface area contributed by atoms with Crippen LogP contribution in [-0.4, -0.2) is 87.6 Å². The largest absolute Gasteiger partial charge is 0.508 e. The molecule has 0 radical (unpaired) electrons. The van der Waals surface area contributed by atoms with Gasteiger partial charge in [0.25, 0.3) is 5.91 Å². The Labute approximate surface area is 247 Å². The fourth-order valence-electron chi connectivity index (χ4n) is 7.26. The number of nitrogens with two attached hydrogens (primary N) is 1. The Morgan fingerprint density at radius 1 is 1.05 bits per heavy atom. The molecule has 11 nitrogen and oxygen atoms in total. The van der Waals surface area contributed by atoms with Crippen molar-refractivity contribution in [2.75, 3.05) is 33.1 Å². The number of phenols is 1. The Morgan fingerprint density at radius 2 is 1.72 bits per heavy atom. The van der Waals surface area contributed by atoms with Gasteiger partial charge in [-0.15, -0.1) is 0 Å². The van der Waals surface area contributed by atoms with Gasteiger partial charge in [0.15, 0.2) is 17.1 Å². The molecule has 5 atom stereocenters. The van der Waals surface area contributed by atoms with Crippen molar-refractivity contribution < 1.29 is 34.8 Å². The van der Waals surface area contributed by atoms with Crippen LogP contribution >= 0.6 is 0 Å². The van der Waals surface area contributed by atoms with Crippen LogP contribution in [0.4, 0.5) is 5.69 Å². The highest BCUT2D eigenvalue weighted by Crippen LogP contribution is 2.58. The van der Waals surface area contributed by atoms with Crippen LogP contribution in [0.1, 0.15) is 29.0 Å². The Bertz CT molecular complexity index is 1790. The van der Waals surface area contributed by atoms with E-state index in [0.29, 0.717) is 10.9 Å². The number of hydrogen-bond acceptors (Lipinski definition) is 10. The number of carbonyl (C=O) groups is 3. The van der Waals surface area contributed by atoms with Crippen molar-refractivity contribution in [3.8, 4) is 5.75 Å². The van der Waals surface area contributed by atoms with Gasteiger partial charge in [-0.25, -0.2) is 0 Å². The molecule has 0 unspecified atom stereocenters. The highest BCUT2D eigenvalue weighted by atomic mass is 16.3. The maximum Gasteiger partial charge on any atom is 0.255 e. The standard InChI is InChI=1S/C32H32N4O7/c1-35(2)16-9-7-14(8-10-16)20-17-12-15-6-5-11-34-24(15)27(38)21(17)26(37)22-18(20)13-19-25(36(3)4)28(39)23(31(33)42)30(41)32(19,43)29(22)40/h5-12,18-20,25,37-38,41,43H,13H2,1-4H3,(H2,33,42)/t18-,19+,20+,25+,32+/m1/s1. The van der Waals surface area contributed by atoms with Gasteiger partial charge >= 0.3 is 0 Å². The normalized spacial score (nSPS) is 26.8. The number of aliphatic hydroxyl groups excluding tert-OH is 2. The molecular weight excluding hydrogens is 552 g/mol. The van der Waals surface area contributed by atoms with E-state index < -0.39 is 64.0 Å². The highest BCUT2D eigenvalue weighted by molar-refractivity contribution is 6.24. The predicted molar refractivity (Wildman–Crippen MR) is 158 cm³/mol. The zero-order valence-corrected chi connectivity index (χ0v) is 24.1. The molecule has 43 heavy (non-hydrogen) atoms. The van der Waals surface area contributed by atoms with Crippen molar-refractivity contribution in [1.29, 1.82) is 0 Å². The predicted octanol–water partition coefficient (Wildman–Crippen LogP) is 2.17. The number of ketones is 2. The number of phenolic OH excluding ortho intramolecular Hbond substituents is 1. The number of aliphatic hydroxyl groups is 3. The second-order valence-corrected chi connectivity index (χ2v) is 11.9. The van der Waals surface area contributed by atoms with Crippen LogP contribution in [0.3, 0.4) is 0 Å². The average Bonchev–Trinajstić information content (AvgIpc) is 2.95. The van der Waals surface area contributed by atoms with Gasteiger partial charge in [-0.05, 0) is 55.9 Å². The summed E-state index contributed by atoms with van der Waals surface area (Å²) in [5.41, 5.74) is 4.08. The summed E-state index contributed by atoms with van der Waals surface area (Å²) in [5, 5.41) is 47.0. The van der Waals surface area contributed by atoms with Crippen molar-refractivity contribution in [2.45, 2.75) is 24.0 Å². The monoisotopic (exact) mass is 584 g/mol. The van der Waals surface area contributed by atoms with Gasteiger partial charge in [-0.1, -0.05) is 18.2 Å². The molecule has 0 bridgehead atoms. The van der Waals surface area contributed by atoms with Crippen molar-refractivity contribution >= 4 is 39.8 Å². The lowest BCUT2D eigenvalue weighted by Crippen LogP contribution is -2.66. The number of nitrogens with zero attached hydrogens (tertiary/aromatic N) is 3. The number of carbonyl (C=O) groups excluding carboxylic acids is 3. The number of aromatic nitrogens is 1. The third-order valence-electron chi connectivity index (χ3n) is 9.20. The van der Waals surface area contributed by atoms with Crippen LogP contribution in [0.5, 0.6) is 5.75 Å². The van der Waals surface area contributed by atoms with E-state index >= 15 is 0 Å². The van der Waals surface area contributed by atoms with Crippen LogP contribution in [0, 0.1) is 11.8 Å². The molecule has 0 spiro atoms. The molecule has 6 rings (SSSR count). The van der Waals surface area contributed by atoms with Crippen molar-refractivity contribution in [2.24, 2.45) is 17.6 Å². The minimum Gasteiger partial charge on any atom is -0.508 e. The number of aromatic hydroxyl groups is 1. The second-order valence-electron chi connectivity index (χ2n) is 11.9. The number of anilines is 1. The van der Waals surface area contributed by atoms with Crippen molar-refractivity contribution in [1.82, 2.24) is 9.88 Å². The van der Waals surface area contributed by atoms with E-state index in [1.807, 2.05) is 49.3 Å². The van der Waals surface area contributed by atoms with Gasteiger partial charge in [0.2, 0.25) is 5.78 Å².